The Balaban J connectivity index is 0.000000269. The SMILES string of the molecule is Cc1nc(NC(=O)C=Cc2ccccc2)sc1C(=O)O.NC(=O)c1ccc(Br)cc1. The summed E-state index contributed by atoms with van der Waals surface area (Å²) in [6, 6.07) is 16.3. The molecule has 0 spiro atoms. The predicted octanol–water partition coefficient (Wildman–Crippen LogP) is 4.35. The Bertz CT molecular complexity index is 1060. The first-order valence-electron chi connectivity index (χ1n) is 8.56. The first-order chi connectivity index (χ1) is 14.3. The van der Waals surface area contributed by atoms with Crippen LogP contribution in [0, 0.1) is 6.92 Å². The molecule has 0 unspecified atom stereocenters. The maximum atomic E-state index is 11.7. The summed E-state index contributed by atoms with van der Waals surface area (Å²) in [5.41, 5.74) is 6.84. The lowest BCUT2D eigenvalue weighted by Crippen LogP contribution is -2.10. The number of thiazole rings is 1. The van der Waals surface area contributed by atoms with Gasteiger partial charge in [0.05, 0.1) is 5.69 Å². The minimum absolute atomic E-state index is 0.132. The van der Waals surface area contributed by atoms with E-state index in [-0.39, 0.29) is 15.9 Å². The van der Waals surface area contributed by atoms with Crippen molar-refractivity contribution in [1.82, 2.24) is 4.98 Å². The second-order valence-corrected chi connectivity index (χ2v) is 7.76. The third-order valence-electron chi connectivity index (χ3n) is 3.58. The van der Waals surface area contributed by atoms with Gasteiger partial charge >= 0.3 is 5.97 Å². The maximum absolute atomic E-state index is 11.7. The van der Waals surface area contributed by atoms with Crippen LogP contribution in [0.15, 0.2) is 65.1 Å². The normalized spacial score (nSPS) is 10.2. The Morgan fingerprint density at radius 3 is 2.27 bits per heavy atom. The molecule has 1 aromatic heterocycles. The summed E-state index contributed by atoms with van der Waals surface area (Å²) in [6.45, 7) is 1.59. The van der Waals surface area contributed by atoms with Crippen molar-refractivity contribution in [3.63, 3.8) is 0 Å². The van der Waals surface area contributed by atoms with Crippen molar-refractivity contribution in [3.05, 3.63) is 86.8 Å². The molecule has 30 heavy (non-hydrogen) atoms. The molecule has 3 rings (SSSR count). The minimum atomic E-state index is -1.04. The van der Waals surface area contributed by atoms with Crippen molar-refractivity contribution < 1.29 is 19.5 Å². The second kappa shape index (κ2) is 11.0. The van der Waals surface area contributed by atoms with Gasteiger partial charge in [0, 0.05) is 16.1 Å². The molecule has 154 valence electrons. The van der Waals surface area contributed by atoms with E-state index in [2.05, 4.69) is 26.2 Å². The van der Waals surface area contributed by atoms with Gasteiger partial charge in [-0.2, -0.15) is 0 Å². The Morgan fingerprint density at radius 2 is 1.73 bits per heavy atom. The molecular weight excluding hydrogens is 470 g/mol. The number of nitrogens with zero attached hydrogens (tertiary/aromatic N) is 1. The van der Waals surface area contributed by atoms with Gasteiger partial charge in [0.1, 0.15) is 4.88 Å². The fourth-order valence-corrected chi connectivity index (χ4v) is 3.22. The molecule has 0 aliphatic carbocycles. The average molecular weight is 488 g/mol. The summed E-state index contributed by atoms with van der Waals surface area (Å²) in [5, 5.41) is 11.7. The van der Waals surface area contributed by atoms with E-state index in [1.807, 2.05) is 30.3 Å². The first kappa shape index (κ1) is 23.0. The fraction of sp³-hybridized carbons (Fsp3) is 0.0476. The van der Waals surface area contributed by atoms with Crippen molar-refractivity contribution in [3.8, 4) is 0 Å². The van der Waals surface area contributed by atoms with Crippen LogP contribution in [0.1, 0.15) is 31.3 Å². The number of hydrogen-bond acceptors (Lipinski definition) is 5. The van der Waals surface area contributed by atoms with Crippen molar-refractivity contribution in [1.29, 1.82) is 0 Å². The van der Waals surface area contributed by atoms with E-state index in [1.165, 1.54) is 6.08 Å². The Hall–Kier alpha value is -3.30. The van der Waals surface area contributed by atoms with Crippen LogP contribution in [0.2, 0.25) is 0 Å². The van der Waals surface area contributed by atoms with E-state index in [0.29, 0.717) is 11.3 Å². The van der Waals surface area contributed by atoms with E-state index in [1.54, 1.807) is 37.3 Å². The molecule has 0 atom stereocenters. The van der Waals surface area contributed by atoms with E-state index in [0.717, 1.165) is 21.4 Å². The van der Waals surface area contributed by atoms with Gasteiger partial charge in [0.2, 0.25) is 11.8 Å². The number of carbonyl (C=O) groups is 3. The summed E-state index contributed by atoms with van der Waals surface area (Å²) in [6.07, 6.45) is 3.06. The lowest BCUT2D eigenvalue weighted by Gasteiger charge is -1.95. The lowest BCUT2D eigenvalue weighted by atomic mass is 10.2. The van der Waals surface area contributed by atoms with E-state index in [4.69, 9.17) is 10.8 Å². The quantitative estimate of drug-likeness (QED) is 0.461. The molecule has 2 aromatic carbocycles. The highest BCUT2D eigenvalue weighted by Crippen LogP contribution is 2.22. The summed E-state index contributed by atoms with van der Waals surface area (Å²) in [4.78, 5) is 37.2. The highest BCUT2D eigenvalue weighted by molar-refractivity contribution is 9.10. The van der Waals surface area contributed by atoms with E-state index >= 15 is 0 Å². The molecule has 0 aliphatic heterocycles. The number of benzene rings is 2. The number of rotatable bonds is 5. The number of aryl methyl sites for hydroxylation is 1. The Labute approximate surface area is 185 Å². The summed E-state index contributed by atoms with van der Waals surface area (Å²) >= 11 is 4.18. The third-order valence-corrected chi connectivity index (χ3v) is 5.17. The molecule has 4 N–H and O–H groups in total. The summed E-state index contributed by atoms with van der Waals surface area (Å²) in [7, 11) is 0. The molecule has 0 radical (unpaired) electrons. The Kier molecular flexibility index (Phi) is 8.45. The van der Waals surface area contributed by atoms with E-state index < -0.39 is 11.9 Å². The van der Waals surface area contributed by atoms with Crippen molar-refractivity contribution in [2.24, 2.45) is 5.73 Å². The molecule has 0 saturated heterocycles. The number of amides is 2. The van der Waals surface area contributed by atoms with Gasteiger partial charge in [0.25, 0.3) is 0 Å². The van der Waals surface area contributed by atoms with Gasteiger partial charge in [0.15, 0.2) is 5.13 Å². The van der Waals surface area contributed by atoms with Crippen LogP contribution in [-0.4, -0.2) is 27.9 Å². The van der Waals surface area contributed by atoms with Crippen molar-refractivity contribution in [2.75, 3.05) is 5.32 Å². The lowest BCUT2D eigenvalue weighted by molar-refractivity contribution is -0.111. The second-order valence-electron chi connectivity index (χ2n) is 5.84. The number of hydrogen-bond donors (Lipinski definition) is 3. The van der Waals surface area contributed by atoms with Gasteiger partial charge in [-0.3, -0.25) is 14.9 Å². The molecule has 3 aromatic rings. The third kappa shape index (κ3) is 7.26. The highest BCUT2D eigenvalue weighted by Gasteiger charge is 2.14. The zero-order valence-corrected chi connectivity index (χ0v) is 18.2. The Morgan fingerprint density at radius 1 is 1.10 bits per heavy atom. The number of aromatic nitrogens is 1. The van der Waals surface area contributed by atoms with Crippen LogP contribution in [0.25, 0.3) is 6.08 Å². The topological polar surface area (TPSA) is 122 Å². The number of carbonyl (C=O) groups excluding carboxylic acids is 2. The van der Waals surface area contributed by atoms with Crippen LogP contribution >= 0.6 is 27.3 Å². The summed E-state index contributed by atoms with van der Waals surface area (Å²) < 4.78 is 0.942. The van der Waals surface area contributed by atoms with Crippen LogP contribution in [0.5, 0.6) is 0 Å². The zero-order chi connectivity index (χ0) is 22.1. The average Bonchev–Trinajstić information content (AvgIpc) is 3.08. The number of halogens is 1. The van der Waals surface area contributed by atoms with Gasteiger partial charge in [-0.05, 0) is 42.8 Å². The fourth-order valence-electron chi connectivity index (χ4n) is 2.15. The van der Waals surface area contributed by atoms with Gasteiger partial charge in [-0.15, -0.1) is 0 Å². The highest BCUT2D eigenvalue weighted by atomic mass is 79.9. The van der Waals surface area contributed by atoms with Crippen LogP contribution in [0.3, 0.4) is 0 Å². The number of primary amides is 1. The molecule has 9 heteroatoms. The van der Waals surface area contributed by atoms with Crippen molar-refractivity contribution in [2.45, 2.75) is 6.92 Å². The number of anilines is 1. The molecule has 2 amide bonds. The smallest absolute Gasteiger partial charge is 0.347 e. The number of nitrogens with one attached hydrogen (secondary N) is 1. The van der Waals surface area contributed by atoms with Crippen LogP contribution < -0.4 is 11.1 Å². The molecule has 7 nitrogen and oxygen atoms in total. The number of nitrogens with two attached hydrogens (primary N) is 1. The zero-order valence-electron chi connectivity index (χ0n) is 15.8. The molecular formula is C21H18BrN3O4S. The standard InChI is InChI=1S/C14H12N2O3S.C7H6BrNO/c1-9-12(13(18)19)20-14(15-9)16-11(17)8-7-10-5-3-2-4-6-10;8-6-3-1-5(2-4-6)7(9)10/h2-8H,1H3,(H,18,19)(H,15,16,17);1-4H,(H2,9,10). The first-order valence-corrected chi connectivity index (χ1v) is 10.2. The van der Waals surface area contributed by atoms with Crippen molar-refractivity contribution >= 4 is 56.3 Å². The molecule has 1 heterocycles. The molecule has 0 bridgehead atoms. The predicted molar refractivity (Wildman–Crippen MR) is 121 cm³/mol. The van der Waals surface area contributed by atoms with Gasteiger partial charge in [-0.1, -0.05) is 57.6 Å². The summed E-state index contributed by atoms with van der Waals surface area (Å²) in [5.74, 6) is -1.78. The largest absolute Gasteiger partial charge is 0.477 e. The van der Waals surface area contributed by atoms with E-state index in [9.17, 15) is 14.4 Å². The van der Waals surface area contributed by atoms with Gasteiger partial charge < -0.3 is 10.8 Å². The van der Waals surface area contributed by atoms with Crippen LogP contribution in [0.4, 0.5) is 5.13 Å². The number of aromatic carboxylic acids is 1. The molecule has 0 aliphatic rings. The monoisotopic (exact) mass is 487 g/mol. The number of carboxylic acids is 1. The molecule has 0 fully saturated rings. The van der Waals surface area contributed by atoms with Crippen LogP contribution in [-0.2, 0) is 4.79 Å². The molecule has 0 saturated carbocycles. The minimum Gasteiger partial charge on any atom is -0.477 e. The number of carboxylic acid groups (broad SMARTS) is 1. The maximum Gasteiger partial charge on any atom is 0.347 e. The van der Waals surface area contributed by atoms with Gasteiger partial charge in [-0.25, -0.2) is 9.78 Å².